The molecule has 96 valence electrons. The summed E-state index contributed by atoms with van der Waals surface area (Å²) in [5.41, 5.74) is 3.43. The Morgan fingerprint density at radius 2 is 1.59 bits per heavy atom. The summed E-state index contributed by atoms with van der Waals surface area (Å²) in [6.45, 7) is 9.48. The molecule has 0 radical (unpaired) electrons. The van der Waals surface area contributed by atoms with Crippen LogP contribution in [-0.2, 0) is 6.42 Å². The lowest BCUT2D eigenvalue weighted by Gasteiger charge is -2.18. The van der Waals surface area contributed by atoms with Crippen molar-refractivity contribution in [3.05, 3.63) is 28.8 Å². The third-order valence-corrected chi connectivity index (χ3v) is 3.22. The summed E-state index contributed by atoms with van der Waals surface area (Å²) < 4.78 is 0. The van der Waals surface area contributed by atoms with Gasteiger partial charge in [0.05, 0.1) is 0 Å². The van der Waals surface area contributed by atoms with Crippen LogP contribution in [0.5, 0.6) is 5.75 Å². The maximum absolute atomic E-state index is 10.4. The molecular weight excluding hydrogens is 210 g/mol. The highest BCUT2D eigenvalue weighted by Crippen LogP contribution is 2.34. The zero-order valence-electron chi connectivity index (χ0n) is 11.7. The minimum atomic E-state index is 0.365. The molecule has 17 heavy (non-hydrogen) atoms. The molecule has 1 aromatic carbocycles. The minimum Gasteiger partial charge on any atom is -0.507 e. The van der Waals surface area contributed by atoms with Gasteiger partial charge in [0.2, 0.25) is 0 Å². The Balaban J connectivity index is 3.21. The molecule has 0 fully saturated rings. The van der Waals surface area contributed by atoms with E-state index in [1.807, 2.05) is 7.05 Å². The fraction of sp³-hybridized carbons (Fsp3) is 0.600. The van der Waals surface area contributed by atoms with Gasteiger partial charge in [-0.3, -0.25) is 0 Å². The highest BCUT2D eigenvalue weighted by atomic mass is 16.3. The van der Waals surface area contributed by atoms with E-state index >= 15 is 0 Å². The predicted octanol–water partition coefficient (Wildman–Crippen LogP) is 3.40. The van der Waals surface area contributed by atoms with Crippen LogP contribution in [0.15, 0.2) is 12.1 Å². The molecule has 0 bridgehead atoms. The summed E-state index contributed by atoms with van der Waals surface area (Å²) in [7, 11) is 1.94. The first kappa shape index (κ1) is 14.0. The molecule has 0 atom stereocenters. The molecule has 2 nitrogen and oxygen atoms in total. The molecule has 1 rings (SSSR count). The van der Waals surface area contributed by atoms with E-state index in [9.17, 15) is 5.11 Å². The van der Waals surface area contributed by atoms with Gasteiger partial charge < -0.3 is 10.4 Å². The van der Waals surface area contributed by atoms with Crippen molar-refractivity contribution in [2.24, 2.45) is 0 Å². The molecule has 0 heterocycles. The quantitative estimate of drug-likeness (QED) is 0.820. The Hall–Kier alpha value is -1.02. The average Bonchev–Trinajstić information content (AvgIpc) is 2.26. The van der Waals surface area contributed by atoms with Crippen molar-refractivity contribution >= 4 is 0 Å². The van der Waals surface area contributed by atoms with E-state index in [-0.39, 0.29) is 0 Å². The van der Waals surface area contributed by atoms with Crippen LogP contribution in [0.3, 0.4) is 0 Å². The summed E-state index contributed by atoms with van der Waals surface area (Å²) in [6, 6.07) is 4.24. The van der Waals surface area contributed by atoms with Gasteiger partial charge in [0.1, 0.15) is 5.75 Å². The molecule has 0 saturated heterocycles. The number of benzene rings is 1. The second-order valence-corrected chi connectivity index (χ2v) is 5.23. The highest BCUT2D eigenvalue weighted by Gasteiger charge is 2.15. The molecule has 0 unspecified atom stereocenters. The maximum atomic E-state index is 10.4. The topological polar surface area (TPSA) is 32.3 Å². The van der Waals surface area contributed by atoms with Crippen LogP contribution < -0.4 is 5.32 Å². The van der Waals surface area contributed by atoms with Crippen LogP contribution in [0.25, 0.3) is 0 Å². The molecule has 0 saturated carbocycles. The van der Waals surface area contributed by atoms with Crippen LogP contribution in [0.2, 0.25) is 0 Å². The van der Waals surface area contributed by atoms with Crippen molar-refractivity contribution in [2.45, 2.75) is 46.0 Å². The lowest BCUT2D eigenvalue weighted by molar-refractivity contribution is 0.455. The first-order valence-electron chi connectivity index (χ1n) is 6.48. The van der Waals surface area contributed by atoms with Gasteiger partial charge in [-0.1, -0.05) is 39.8 Å². The average molecular weight is 235 g/mol. The summed E-state index contributed by atoms with van der Waals surface area (Å²) >= 11 is 0. The van der Waals surface area contributed by atoms with Gasteiger partial charge in [0.15, 0.2) is 0 Å². The zero-order chi connectivity index (χ0) is 13.0. The highest BCUT2D eigenvalue weighted by molar-refractivity contribution is 5.48. The Kier molecular flexibility index (Phi) is 5.01. The molecule has 0 aromatic heterocycles. The van der Waals surface area contributed by atoms with Crippen molar-refractivity contribution in [2.75, 3.05) is 13.6 Å². The maximum Gasteiger partial charge on any atom is 0.122 e. The Labute approximate surface area is 105 Å². The number of nitrogens with one attached hydrogen (secondary N) is 1. The first-order chi connectivity index (χ1) is 7.99. The fourth-order valence-corrected chi connectivity index (χ4v) is 2.19. The number of aromatic hydroxyl groups is 1. The van der Waals surface area contributed by atoms with E-state index in [4.69, 9.17) is 0 Å². The van der Waals surface area contributed by atoms with E-state index in [1.165, 1.54) is 5.56 Å². The standard InChI is InChI=1S/C15H25NO/c1-10(2)12-6-7-13(11(3)4)15(17)14(12)8-9-16-5/h6-7,10-11,16-17H,8-9H2,1-5H3. The van der Waals surface area contributed by atoms with Crippen LogP contribution in [0.1, 0.15) is 56.2 Å². The number of likely N-dealkylation sites (N-methyl/N-ethyl adjacent to an activating group) is 1. The smallest absolute Gasteiger partial charge is 0.122 e. The van der Waals surface area contributed by atoms with Crippen molar-refractivity contribution < 1.29 is 5.11 Å². The summed E-state index contributed by atoms with van der Waals surface area (Å²) in [6.07, 6.45) is 0.885. The van der Waals surface area contributed by atoms with Crippen molar-refractivity contribution in [3.8, 4) is 5.75 Å². The van der Waals surface area contributed by atoms with Crippen LogP contribution in [0, 0.1) is 0 Å². The lowest BCUT2D eigenvalue weighted by Crippen LogP contribution is -2.12. The number of rotatable bonds is 5. The van der Waals surface area contributed by atoms with Crippen LogP contribution >= 0.6 is 0 Å². The van der Waals surface area contributed by atoms with E-state index in [2.05, 4.69) is 45.1 Å². The van der Waals surface area contributed by atoms with Crippen LogP contribution in [0.4, 0.5) is 0 Å². The van der Waals surface area contributed by atoms with Crippen molar-refractivity contribution in [3.63, 3.8) is 0 Å². The van der Waals surface area contributed by atoms with E-state index in [1.54, 1.807) is 0 Å². The number of hydrogen-bond acceptors (Lipinski definition) is 2. The molecular formula is C15H25NO. The molecule has 0 aliphatic rings. The lowest BCUT2D eigenvalue weighted by atomic mass is 9.89. The summed E-state index contributed by atoms with van der Waals surface area (Å²) in [5, 5.41) is 13.5. The summed E-state index contributed by atoms with van der Waals surface area (Å²) in [5.74, 6) is 1.32. The number of phenolic OH excluding ortho intramolecular Hbond substituents is 1. The Morgan fingerprint density at radius 3 is 2.06 bits per heavy atom. The predicted molar refractivity (Wildman–Crippen MR) is 73.9 cm³/mol. The summed E-state index contributed by atoms with van der Waals surface area (Å²) in [4.78, 5) is 0. The Bertz CT molecular complexity index is 369. The SMILES string of the molecule is CNCCc1c(C(C)C)ccc(C(C)C)c1O. The normalized spacial score (nSPS) is 11.5. The molecule has 0 aliphatic carbocycles. The van der Waals surface area contributed by atoms with Crippen molar-refractivity contribution in [1.29, 1.82) is 0 Å². The third kappa shape index (κ3) is 3.22. The second kappa shape index (κ2) is 6.06. The van der Waals surface area contributed by atoms with Crippen LogP contribution in [-0.4, -0.2) is 18.7 Å². The number of phenols is 1. The molecule has 0 aliphatic heterocycles. The minimum absolute atomic E-state index is 0.365. The fourth-order valence-electron chi connectivity index (χ4n) is 2.19. The molecule has 0 spiro atoms. The monoisotopic (exact) mass is 235 g/mol. The van der Waals surface area contributed by atoms with Crippen molar-refractivity contribution in [1.82, 2.24) is 5.32 Å². The molecule has 2 N–H and O–H groups in total. The van der Waals surface area contributed by atoms with Gasteiger partial charge in [-0.2, -0.15) is 0 Å². The molecule has 2 heteroatoms. The van der Waals surface area contributed by atoms with E-state index in [0.717, 1.165) is 24.1 Å². The van der Waals surface area contributed by atoms with Gasteiger partial charge in [0.25, 0.3) is 0 Å². The zero-order valence-corrected chi connectivity index (χ0v) is 11.7. The Morgan fingerprint density at radius 1 is 1.06 bits per heavy atom. The van der Waals surface area contributed by atoms with E-state index < -0.39 is 0 Å². The molecule has 1 aromatic rings. The molecule has 0 amide bonds. The van der Waals surface area contributed by atoms with E-state index in [0.29, 0.717) is 17.6 Å². The van der Waals surface area contributed by atoms with Gasteiger partial charge >= 0.3 is 0 Å². The largest absolute Gasteiger partial charge is 0.507 e. The second-order valence-electron chi connectivity index (χ2n) is 5.23. The first-order valence-corrected chi connectivity index (χ1v) is 6.48. The van der Waals surface area contributed by atoms with Gasteiger partial charge in [-0.15, -0.1) is 0 Å². The number of hydrogen-bond donors (Lipinski definition) is 2. The van der Waals surface area contributed by atoms with Gasteiger partial charge in [-0.05, 0) is 48.5 Å². The third-order valence-electron chi connectivity index (χ3n) is 3.22. The van der Waals surface area contributed by atoms with Gasteiger partial charge in [-0.25, -0.2) is 0 Å². The van der Waals surface area contributed by atoms with Gasteiger partial charge in [0, 0.05) is 0 Å².